The lowest BCUT2D eigenvalue weighted by Gasteiger charge is -2.48. The van der Waals surface area contributed by atoms with Crippen LogP contribution in [0.1, 0.15) is 36.0 Å². The molecule has 1 aliphatic carbocycles. The van der Waals surface area contributed by atoms with Gasteiger partial charge in [-0.05, 0) is 68.7 Å². The van der Waals surface area contributed by atoms with Gasteiger partial charge >= 0.3 is 6.18 Å². The Labute approximate surface area is 172 Å². The molecule has 3 rings (SSSR count). The number of hydrogen-bond donors (Lipinski definition) is 2. The molecule has 29 heavy (non-hydrogen) atoms. The number of thiocarbonyl (C=S) groups is 1. The summed E-state index contributed by atoms with van der Waals surface area (Å²) in [5, 5.41) is 20.0. The van der Waals surface area contributed by atoms with Gasteiger partial charge in [-0.1, -0.05) is 17.7 Å². The Kier molecular flexibility index (Phi) is 5.62. The van der Waals surface area contributed by atoms with E-state index in [4.69, 9.17) is 22.9 Å². The van der Waals surface area contributed by atoms with Crippen molar-refractivity contribution < 1.29 is 13.2 Å². The summed E-state index contributed by atoms with van der Waals surface area (Å²) in [4.78, 5) is 1.80. The fourth-order valence-corrected chi connectivity index (χ4v) is 3.78. The van der Waals surface area contributed by atoms with Crippen molar-refractivity contribution in [2.75, 3.05) is 10.2 Å². The Morgan fingerprint density at radius 1 is 1.24 bits per heavy atom. The Morgan fingerprint density at radius 3 is 2.38 bits per heavy atom. The first-order valence-corrected chi connectivity index (χ1v) is 9.42. The standard InChI is InChI=1S/C21H19F3N4S/c1-14-3-7-17(8-4-14)28(20(13-26)9-2-10-20)19(29)27-16-6-5-15(12-25)18(11-16)21(22,23)24/h3-8,11,13,26H,2,9-10H2,1H3,(H,27,29). The van der Waals surface area contributed by atoms with Gasteiger partial charge in [0.1, 0.15) is 0 Å². The molecule has 0 saturated heterocycles. The van der Waals surface area contributed by atoms with E-state index in [9.17, 15) is 13.2 Å². The van der Waals surface area contributed by atoms with Crippen molar-refractivity contribution in [2.45, 2.75) is 37.9 Å². The predicted octanol–water partition coefficient (Wildman–Crippen LogP) is 5.66. The maximum Gasteiger partial charge on any atom is 0.417 e. The zero-order chi connectivity index (χ0) is 21.2. The van der Waals surface area contributed by atoms with Gasteiger partial charge in [0, 0.05) is 17.6 Å². The quantitative estimate of drug-likeness (QED) is 0.499. The van der Waals surface area contributed by atoms with Gasteiger partial charge in [0.25, 0.3) is 0 Å². The highest BCUT2D eigenvalue weighted by Gasteiger charge is 2.43. The molecule has 0 heterocycles. The fraction of sp³-hybridized carbons (Fsp3) is 0.286. The van der Waals surface area contributed by atoms with E-state index in [1.807, 2.05) is 31.2 Å². The number of aryl methyl sites for hydroxylation is 1. The summed E-state index contributed by atoms with van der Waals surface area (Å²) in [6, 6.07) is 12.6. The molecule has 0 aromatic heterocycles. The Bertz CT molecular complexity index is 973. The van der Waals surface area contributed by atoms with E-state index in [1.165, 1.54) is 12.3 Å². The number of hydrogen-bond acceptors (Lipinski definition) is 3. The molecule has 8 heteroatoms. The summed E-state index contributed by atoms with van der Waals surface area (Å²) in [6.45, 7) is 1.95. The summed E-state index contributed by atoms with van der Waals surface area (Å²) in [5.41, 5.74) is -0.0935. The molecule has 0 radical (unpaired) electrons. The van der Waals surface area contributed by atoms with Crippen molar-refractivity contribution in [3.8, 4) is 6.07 Å². The number of rotatable bonds is 4. The van der Waals surface area contributed by atoms with Crippen molar-refractivity contribution in [2.24, 2.45) is 0 Å². The molecule has 0 amide bonds. The minimum absolute atomic E-state index is 0.137. The maximum absolute atomic E-state index is 13.3. The van der Waals surface area contributed by atoms with Gasteiger partial charge < -0.3 is 15.6 Å². The minimum Gasteiger partial charge on any atom is -0.332 e. The summed E-state index contributed by atoms with van der Waals surface area (Å²) in [7, 11) is 0. The molecule has 1 aliphatic rings. The molecule has 2 N–H and O–H groups in total. The third-order valence-corrected chi connectivity index (χ3v) is 5.41. The van der Waals surface area contributed by atoms with E-state index in [2.05, 4.69) is 5.32 Å². The summed E-state index contributed by atoms with van der Waals surface area (Å²) in [5.74, 6) is 0. The van der Waals surface area contributed by atoms with Gasteiger partial charge in [-0.15, -0.1) is 0 Å². The number of nitriles is 1. The van der Waals surface area contributed by atoms with Crippen LogP contribution in [0.4, 0.5) is 24.5 Å². The second-order valence-electron chi connectivity index (χ2n) is 7.07. The lowest BCUT2D eigenvalue weighted by atomic mass is 9.76. The maximum atomic E-state index is 13.3. The summed E-state index contributed by atoms with van der Waals surface area (Å²) >= 11 is 5.55. The van der Waals surface area contributed by atoms with E-state index in [0.717, 1.165) is 42.6 Å². The number of nitrogens with one attached hydrogen (secondary N) is 2. The Balaban J connectivity index is 1.97. The number of benzene rings is 2. The monoisotopic (exact) mass is 416 g/mol. The summed E-state index contributed by atoms with van der Waals surface area (Å²) in [6.07, 6.45) is -0.897. The molecule has 0 aliphatic heterocycles. The first kappa shape index (κ1) is 20.8. The van der Waals surface area contributed by atoms with E-state index in [1.54, 1.807) is 11.0 Å². The van der Waals surface area contributed by atoms with Crippen LogP contribution in [-0.4, -0.2) is 16.9 Å². The molecule has 0 atom stereocenters. The van der Waals surface area contributed by atoms with Crippen molar-refractivity contribution >= 4 is 34.9 Å². The smallest absolute Gasteiger partial charge is 0.332 e. The van der Waals surface area contributed by atoms with Crippen LogP contribution in [0.25, 0.3) is 0 Å². The molecule has 0 spiro atoms. The average molecular weight is 416 g/mol. The van der Waals surface area contributed by atoms with Gasteiger partial charge in [-0.25, -0.2) is 0 Å². The lowest BCUT2D eigenvalue weighted by molar-refractivity contribution is -0.137. The molecule has 150 valence electrons. The molecule has 2 aromatic carbocycles. The second kappa shape index (κ2) is 7.84. The number of nitrogens with zero attached hydrogens (tertiary/aromatic N) is 2. The van der Waals surface area contributed by atoms with Gasteiger partial charge in [0.05, 0.1) is 22.7 Å². The van der Waals surface area contributed by atoms with Gasteiger partial charge in [0.2, 0.25) is 0 Å². The largest absolute Gasteiger partial charge is 0.417 e. The van der Waals surface area contributed by atoms with Crippen LogP contribution in [0.3, 0.4) is 0 Å². The molecule has 0 bridgehead atoms. The molecule has 1 fully saturated rings. The van der Waals surface area contributed by atoms with Crippen molar-refractivity contribution in [3.63, 3.8) is 0 Å². The highest BCUT2D eigenvalue weighted by Crippen LogP contribution is 2.40. The fourth-order valence-electron chi connectivity index (χ4n) is 3.38. The minimum atomic E-state index is -4.65. The normalized spacial score (nSPS) is 15.0. The highest BCUT2D eigenvalue weighted by molar-refractivity contribution is 7.80. The molecule has 2 aromatic rings. The molecule has 0 unspecified atom stereocenters. The molecule has 4 nitrogen and oxygen atoms in total. The van der Waals surface area contributed by atoms with Crippen LogP contribution in [0.5, 0.6) is 0 Å². The van der Waals surface area contributed by atoms with Crippen LogP contribution in [0, 0.1) is 23.7 Å². The van der Waals surface area contributed by atoms with Crippen molar-refractivity contribution in [1.29, 1.82) is 10.7 Å². The predicted molar refractivity (Wildman–Crippen MR) is 111 cm³/mol. The SMILES string of the molecule is Cc1ccc(N(C(=S)Nc2ccc(C#N)c(C(F)(F)F)c2)C2(C=N)CCC2)cc1. The van der Waals surface area contributed by atoms with Gasteiger partial charge in [-0.2, -0.15) is 18.4 Å². The van der Waals surface area contributed by atoms with Crippen molar-refractivity contribution in [3.05, 3.63) is 59.2 Å². The van der Waals surface area contributed by atoms with E-state index >= 15 is 0 Å². The van der Waals surface area contributed by atoms with Gasteiger partial charge in [-0.3, -0.25) is 0 Å². The highest BCUT2D eigenvalue weighted by atomic mass is 32.1. The molecular formula is C21H19F3N4S. The number of alkyl halides is 3. The second-order valence-corrected chi connectivity index (χ2v) is 7.46. The van der Waals surface area contributed by atoms with Crippen molar-refractivity contribution in [1.82, 2.24) is 0 Å². The van der Waals surface area contributed by atoms with E-state index in [-0.39, 0.29) is 10.8 Å². The van der Waals surface area contributed by atoms with Crippen LogP contribution < -0.4 is 10.2 Å². The third kappa shape index (κ3) is 4.10. The van der Waals surface area contributed by atoms with Crippen LogP contribution in [-0.2, 0) is 6.18 Å². The number of anilines is 2. The Morgan fingerprint density at radius 2 is 1.90 bits per heavy atom. The lowest BCUT2D eigenvalue weighted by Crippen LogP contribution is -2.59. The van der Waals surface area contributed by atoms with E-state index in [0.29, 0.717) is 0 Å². The molecular weight excluding hydrogens is 397 g/mol. The zero-order valence-corrected chi connectivity index (χ0v) is 16.5. The first-order valence-electron chi connectivity index (χ1n) is 9.01. The van der Waals surface area contributed by atoms with Crippen LogP contribution in [0.15, 0.2) is 42.5 Å². The van der Waals surface area contributed by atoms with E-state index < -0.39 is 22.8 Å². The Hall–Kier alpha value is -2.92. The number of halogens is 3. The average Bonchev–Trinajstić information content (AvgIpc) is 2.64. The van der Waals surface area contributed by atoms with Gasteiger partial charge in [0.15, 0.2) is 5.11 Å². The summed E-state index contributed by atoms with van der Waals surface area (Å²) < 4.78 is 39.8. The van der Waals surface area contributed by atoms with Crippen LogP contribution in [0.2, 0.25) is 0 Å². The first-order chi connectivity index (χ1) is 13.7. The topological polar surface area (TPSA) is 62.9 Å². The molecule has 1 saturated carbocycles. The third-order valence-electron chi connectivity index (χ3n) is 5.13. The van der Waals surface area contributed by atoms with Crippen LogP contribution >= 0.6 is 12.2 Å². The zero-order valence-electron chi connectivity index (χ0n) is 15.7.